The fraction of sp³-hybridized carbons (Fsp3) is 0.444. The van der Waals surface area contributed by atoms with E-state index >= 15 is 0 Å². The number of nitrogens with one attached hydrogen (secondary N) is 1. The van der Waals surface area contributed by atoms with Crippen LogP contribution in [0.25, 0.3) is 0 Å². The molecule has 1 amide bonds. The Balaban J connectivity index is 2.59. The molecule has 0 saturated heterocycles. The van der Waals surface area contributed by atoms with Crippen LogP contribution in [-0.4, -0.2) is 27.0 Å². The second-order valence-electron chi connectivity index (χ2n) is 6.52. The van der Waals surface area contributed by atoms with Crippen molar-refractivity contribution < 1.29 is 4.79 Å². The highest BCUT2D eigenvalue weighted by Crippen LogP contribution is 2.20. The number of aromatic nitrogens is 3. The molecule has 0 aliphatic rings. The fourth-order valence-electron chi connectivity index (χ4n) is 2.64. The zero-order valence-corrected chi connectivity index (χ0v) is 15.4. The molecular formula is C18H25N5O3. The summed E-state index contributed by atoms with van der Waals surface area (Å²) in [5.74, 6) is -0.289. The first-order chi connectivity index (χ1) is 12.4. The highest BCUT2D eigenvalue weighted by atomic mass is 16.2. The molecule has 0 spiro atoms. The van der Waals surface area contributed by atoms with Crippen molar-refractivity contribution in [2.75, 3.05) is 17.2 Å². The average Bonchev–Trinajstić information content (AvgIpc) is 2.61. The molecule has 2 rings (SSSR count). The van der Waals surface area contributed by atoms with Gasteiger partial charge in [-0.25, -0.2) is 4.79 Å². The van der Waals surface area contributed by atoms with E-state index in [-0.39, 0.29) is 23.1 Å². The summed E-state index contributed by atoms with van der Waals surface area (Å²) >= 11 is 0. The van der Waals surface area contributed by atoms with Crippen molar-refractivity contribution in [3.63, 3.8) is 0 Å². The number of rotatable bonds is 7. The van der Waals surface area contributed by atoms with Crippen LogP contribution in [-0.2, 0) is 6.54 Å². The maximum atomic E-state index is 12.9. The summed E-state index contributed by atoms with van der Waals surface area (Å²) in [5, 5.41) is 0. The van der Waals surface area contributed by atoms with Gasteiger partial charge in [0.05, 0.1) is 0 Å². The first-order valence-corrected chi connectivity index (χ1v) is 8.72. The van der Waals surface area contributed by atoms with E-state index in [1.54, 1.807) is 18.2 Å². The van der Waals surface area contributed by atoms with Crippen molar-refractivity contribution in [1.29, 1.82) is 0 Å². The molecule has 0 aliphatic carbocycles. The second kappa shape index (κ2) is 8.46. The average molecular weight is 359 g/mol. The number of nitrogen functional groups attached to an aromatic ring is 1. The van der Waals surface area contributed by atoms with Crippen molar-refractivity contribution in [2.45, 2.75) is 40.2 Å². The molecule has 0 bridgehead atoms. The fourth-order valence-corrected chi connectivity index (χ4v) is 2.64. The number of nitrogens with two attached hydrogens (primary N) is 1. The molecule has 2 aromatic heterocycles. The Kier molecular flexibility index (Phi) is 6.32. The summed E-state index contributed by atoms with van der Waals surface area (Å²) in [4.78, 5) is 45.2. The van der Waals surface area contributed by atoms with Crippen LogP contribution in [0.1, 0.15) is 44.1 Å². The predicted octanol–water partition coefficient (Wildman–Crippen LogP) is 1.62. The SMILES string of the molecule is CCCCN(C(=O)c1ccccn1)c1c(N)n(CC(C)C)c(=O)[nH]c1=O. The maximum Gasteiger partial charge on any atom is 0.330 e. The summed E-state index contributed by atoms with van der Waals surface area (Å²) in [5.41, 5.74) is 5.11. The van der Waals surface area contributed by atoms with Gasteiger partial charge in [-0.3, -0.25) is 29.0 Å². The molecular weight excluding hydrogens is 334 g/mol. The number of carbonyl (C=O) groups excluding carboxylic acids is 1. The molecule has 2 aromatic rings. The van der Waals surface area contributed by atoms with Crippen molar-refractivity contribution in [3.8, 4) is 0 Å². The van der Waals surface area contributed by atoms with Gasteiger partial charge in [0.2, 0.25) is 0 Å². The standard InChI is InChI=1S/C18H25N5O3/c1-4-5-10-22(17(25)13-8-6-7-9-20-13)14-15(19)23(11-12(2)3)18(26)21-16(14)24/h6-9,12H,4-5,10-11,19H2,1-3H3,(H,21,24,26). The van der Waals surface area contributed by atoms with Crippen LogP contribution >= 0.6 is 0 Å². The van der Waals surface area contributed by atoms with E-state index in [2.05, 4.69) is 9.97 Å². The molecule has 0 fully saturated rings. The van der Waals surface area contributed by atoms with Gasteiger partial charge in [0.25, 0.3) is 11.5 Å². The Morgan fingerprint density at radius 3 is 2.65 bits per heavy atom. The lowest BCUT2D eigenvalue weighted by molar-refractivity contribution is 0.0981. The van der Waals surface area contributed by atoms with Crippen LogP contribution in [0.3, 0.4) is 0 Å². The minimum Gasteiger partial charge on any atom is -0.383 e. The Labute approximate surface area is 151 Å². The van der Waals surface area contributed by atoms with Crippen LogP contribution in [0.4, 0.5) is 11.5 Å². The van der Waals surface area contributed by atoms with Gasteiger partial charge in [-0.15, -0.1) is 0 Å². The number of H-pyrrole nitrogens is 1. The third-order valence-electron chi connectivity index (χ3n) is 3.90. The van der Waals surface area contributed by atoms with Gasteiger partial charge in [0.15, 0.2) is 5.69 Å². The van der Waals surface area contributed by atoms with Crippen molar-refractivity contribution in [2.24, 2.45) is 5.92 Å². The minimum atomic E-state index is -0.673. The van der Waals surface area contributed by atoms with Gasteiger partial charge >= 0.3 is 5.69 Å². The number of aromatic amines is 1. The number of nitrogens with zero attached hydrogens (tertiary/aromatic N) is 3. The molecule has 0 saturated carbocycles. The molecule has 26 heavy (non-hydrogen) atoms. The van der Waals surface area contributed by atoms with Crippen LogP contribution in [0.2, 0.25) is 0 Å². The Morgan fingerprint density at radius 2 is 2.08 bits per heavy atom. The number of anilines is 2. The molecule has 0 unspecified atom stereocenters. The van der Waals surface area contributed by atoms with E-state index in [0.29, 0.717) is 19.5 Å². The van der Waals surface area contributed by atoms with E-state index in [1.165, 1.54) is 15.7 Å². The van der Waals surface area contributed by atoms with Crippen LogP contribution < -0.4 is 21.9 Å². The highest BCUT2D eigenvalue weighted by Gasteiger charge is 2.25. The zero-order valence-electron chi connectivity index (χ0n) is 15.4. The van der Waals surface area contributed by atoms with Gasteiger partial charge in [-0.1, -0.05) is 33.3 Å². The number of hydrogen-bond donors (Lipinski definition) is 2. The molecule has 0 aliphatic heterocycles. The third-order valence-corrected chi connectivity index (χ3v) is 3.90. The molecule has 8 heteroatoms. The maximum absolute atomic E-state index is 12.9. The van der Waals surface area contributed by atoms with Crippen LogP contribution in [0.15, 0.2) is 34.0 Å². The van der Waals surface area contributed by atoms with Crippen molar-refractivity contribution >= 4 is 17.4 Å². The molecule has 3 N–H and O–H groups in total. The quantitative estimate of drug-likeness (QED) is 0.779. The van der Waals surface area contributed by atoms with Gasteiger partial charge in [-0.05, 0) is 24.5 Å². The Morgan fingerprint density at radius 1 is 1.35 bits per heavy atom. The smallest absolute Gasteiger partial charge is 0.330 e. The lowest BCUT2D eigenvalue weighted by atomic mass is 10.2. The number of hydrogen-bond acceptors (Lipinski definition) is 5. The monoisotopic (exact) mass is 359 g/mol. The summed E-state index contributed by atoms with van der Waals surface area (Å²) < 4.78 is 1.30. The van der Waals surface area contributed by atoms with E-state index in [1.807, 2.05) is 20.8 Å². The lowest BCUT2D eigenvalue weighted by Crippen LogP contribution is -2.42. The molecule has 0 atom stereocenters. The number of pyridine rings is 1. The predicted molar refractivity (Wildman–Crippen MR) is 101 cm³/mol. The second-order valence-corrected chi connectivity index (χ2v) is 6.52. The largest absolute Gasteiger partial charge is 0.383 e. The lowest BCUT2D eigenvalue weighted by Gasteiger charge is -2.24. The highest BCUT2D eigenvalue weighted by molar-refractivity contribution is 6.05. The van der Waals surface area contributed by atoms with E-state index in [0.717, 1.165) is 6.42 Å². The van der Waals surface area contributed by atoms with Crippen molar-refractivity contribution in [1.82, 2.24) is 14.5 Å². The number of amides is 1. The van der Waals surface area contributed by atoms with Gasteiger partial charge in [0, 0.05) is 19.3 Å². The molecule has 2 heterocycles. The van der Waals surface area contributed by atoms with E-state index in [9.17, 15) is 14.4 Å². The first kappa shape index (κ1) is 19.4. The summed E-state index contributed by atoms with van der Waals surface area (Å²) in [6.07, 6.45) is 3.02. The normalized spacial score (nSPS) is 10.9. The van der Waals surface area contributed by atoms with Gasteiger partial charge < -0.3 is 5.73 Å². The van der Waals surface area contributed by atoms with Crippen molar-refractivity contribution in [3.05, 3.63) is 50.9 Å². The first-order valence-electron chi connectivity index (χ1n) is 8.72. The number of unbranched alkanes of at least 4 members (excludes halogenated alkanes) is 1. The molecule has 140 valence electrons. The Hall–Kier alpha value is -2.90. The molecule has 0 radical (unpaired) electrons. The Bertz CT molecular complexity index is 871. The molecule has 0 aromatic carbocycles. The van der Waals surface area contributed by atoms with E-state index in [4.69, 9.17) is 5.73 Å². The summed E-state index contributed by atoms with van der Waals surface area (Å²) in [6.45, 7) is 6.50. The number of carbonyl (C=O) groups is 1. The third kappa shape index (κ3) is 4.19. The van der Waals surface area contributed by atoms with Crippen LogP contribution in [0.5, 0.6) is 0 Å². The van der Waals surface area contributed by atoms with Crippen LogP contribution in [0, 0.1) is 5.92 Å². The summed E-state index contributed by atoms with van der Waals surface area (Å²) in [7, 11) is 0. The zero-order chi connectivity index (χ0) is 19.3. The summed E-state index contributed by atoms with van der Waals surface area (Å²) in [6, 6.07) is 4.98. The molecule has 8 nitrogen and oxygen atoms in total. The minimum absolute atomic E-state index is 0.00523. The van der Waals surface area contributed by atoms with Gasteiger partial charge in [0.1, 0.15) is 11.5 Å². The topological polar surface area (TPSA) is 114 Å². The van der Waals surface area contributed by atoms with Gasteiger partial charge in [-0.2, -0.15) is 0 Å². The van der Waals surface area contributed by atoms with E-state index < -0.39 is 17.2 Å².